The van der Waals surface area contributed by atoms with Gasteiger partial charge in [-0.1, -0.05) is 12.1 Å². The summed E-state index contributed by atoms with van der Waals surface area (Å²) in [6.07, 6.45) is 9.44. The molecule has 3 aromatic rings. The number of carbonyl (C=O) groups excluding carboxylic acids is 2. The van der Waals surface area contributed by atoms with E-state index >= 15 is 0 Å². The highest BCUT2D eigenvalue weighted by Gasteiger charge is 2.51. The van der Waals surface area contributed by atoms with E-state index in [4.69, 9.17) is 20.3 Å². The summed E-state index contributed by atoms with van der Waals surface area (Å²) < 4.78 is 28.1. The molecule has 2 amide bonds. The Bertz CT molecular complexity index is 1430. The fourth-order valence-corrected chi connectivity index (χ4v) is 5.75. The summed E-state index contributed by atoms with van der Waals surface area (Å²) in [7, 11) is 1.55. The van der Waals surface area contributed by atoms with Crippen LogP contribution < -0.4 is 21.1 Å². The number of carbonyl (C=O) groups is 2. The average Bonchev–Trinajstić information content (AvgIpc) is 3.30. The van der Waals surface area contributed by atoms with Crippen molar-refractivity contribution in [1.29, 1.82) is 0 Å². The monoisotopic (exact) mass is 535 g/mol. The van der Waals surface area contributed by atoms with Crippen molar-refractivity contribution >= 4 is 29.0 Å². The molecular weight excluding hydrogens is 505 g/mol. The lowest BCUT2D eigenvalue weighted by molar-refractivity contribution is -0.122. The number of aromatic nitrogens is 4. The SMILES string of the molecule is COc1c(Nc2cc(NC(=O)C3(F)CC3)nnc2C(N)=O)cccc1-c1cnn([C@H]2CCC[C@@]23CCCO3)c1. The highest BCUT2D eigenvalue weighted by Crippen LogP contribution is 2.48. The third kappa shape index (κ3) is 4.58. The van der Waals surface area contributed by atoms with Gasteiger partial charge in [0, 0.05) is 30.0 Å². The first-order valence-corrected chi connectivity index (χ1v) is 13.1. The minimum absolute atomic E-state index is 0.00699. The van der Waals surface area contributed by atoms with Crippen molar-refractivity contribution in [2.24, 2.45) is 5.73 Å². The van der Waals surface area contributed by atoms with Crippen LogP contribution in [-0.4, -0.2) is 56.8 Å². The van der Waals surface area contributed by atoms with E-state index in [0.29, 0.717) is 11.4 Å². The minimum Gasteiger partial charge on any atom is -0.494 e. The van der Waals surface area contributed by atoms with Crippen LogP contribution in [0.25, 0.3) is 11.1 Å². The van der Waals surface area contributed by atoms with Gasteiger partial charge in [0.2, 0.25) is 0 Å². The molecule has 0 radical (unpaired) electrons. The molecule has 39 heavy (non-hydrogen) atoms. The van der Waals surface area contributed by atoms with Crippen LogP contribution in [0.4, 0.5) is 21.6 Å². The van der Waals surface area contributed by atoms with Crippen molar-refractivity contribution in [3.05, 3.63) is 42.4 Å². The molecule has 2 saturated carbocycles. The summed E-state index contributed by atoms with van der Waals surface area (Å²) in [6, 6.07) is 7.12. The molecule has 3 aliphatic rings. The Kier molecular flexibility index (Phi) is 6.21. The van der Waals surface area contributed by atoms with Crippen molar-refractivity contribution in [1.82, 2.24) is 20.0 Å². The summed E-state index contributed by atoms with van der Waals surface area (Å²) >= 11 is 0. The van der Waals surface area contributed by atoms with E-state index in [1.165, 1.54) is 6.07 Å². The number of nitrogens with two attached hydrogens (primary N) is 1. The minimum atomic E-state index is -1.89. The molecule has 1 saturated heterocycles. The topological polar surface area (TPSA) is 146 Å². The number of hydrogen-bond donors (Lipinski definition) is 3. The van der Waals surface area contributed by atoms with E-state index in [0.717, 1.165) is 49.8 Å². The van der Waals surface area contributed by atoms with Gasteiger partial charge in [0.05, 0.1) is 36.3 Å². The van der Waals surface area contributed by atoms with Gasteiger partial charge in [-0.2, -0.15) is 5.10 Å². The van der Waals surface area contributed by atoms with E-state index in [9.17, 15) is 14.0 Å². The van der Waals surface area contributed by atoms with Gasteiger partial charge in [-0.05, 0) is 51.0 Å². The molecule has 11 nitrogen and oxygen atoms in total. The number of alkyl halides is 1. The number of rotatable bonds is 8. The zero-order valence-electron chi connectivity index (χ0n) is 21.6. The third-order valence-electron chi connectivity index (χ3n) is 7.90. The summed E-state index contributed by atoms with van der Waals surface area (Å²) in [5, 5.41) is 17.9. The van der Waals surface area contributed by atoms with Crippen LogP contribution in [0.5, 0.6) is 5.75 Å². The van der Waals surface area contributed by atoms with Gasteiger partial charge >= 0.3 is 0 Å². The molecule has 12 heteroatoms. The first-order valence-electron chi connectivity index (χ1n) is 13.1. The Balaban J connectivity index is 1.30. The Hall–Kier alpha value is -4.06. The fourth-order valence-electron chi connectivity index (χ4n) is 5.75. The standard InChI is InChI=1S/C27H30FN7O4/c1-38-23-17(16-14-30-35(15-16)20-7-3-8-27(20)9-4-12-39-27)5-2-6-18(23)31-19-13-21(33-34-22(19)24(29)36)32-25(37)26(28)10-11-26/h2,5-6,13-15,20H,3-4,7-12H2,1H3,(H2,29,36)(H2,31,32,33,37)/t20-,27+/m0/s1. The Labute approximate surface area is 224 Å². The van der Waals surface area contributed by atoms with Gasteiger partial charge in [0.15, 0.2) is 17.2 Å². The molecule has 4 N–H and O–H groups in total. The molecule has 2 atom stereocenters. The number of methoxy groups -OCH3 is 1. The van der Waals surface area contributed by atoms with Crippen molar-refractivity contribution in [3.63, 3.8) is 0 Å². The molecule has 1 spiro atoms. The largest absolute Gasteiger partial charge is 0.494 e. The zero-order chi connectivity index (χ0) is 27.2. The van der Waals surface area contributed by atoms with Crippen LogP contribution in [0.2, 0.25) is 0 Å². The maximum atomic E-state index is 14.1. The molecule has 0 unspecified atom stereocenters. The average molecular weight is 536 g/mol. The van der Waals surface area contributed by atoms with Gasteiger partial charge < -0.3 is 25.8 Å². The molecule has 1 aromatic carbocycles. The molecule has 3 fully saturated rings. The molecule has 2 aliphatic carbocycles. The van der Waals surface area contributed by atoms with Crippen molar-refractivity contribution in [3.8, 4) is 16.9 Å². The van der Waals surface area contributed by atoms with E-state index in [2.05, 4.69) is 20.8 Å². The number of halogens is 1. The lowest BCUT2D eigenvalue weighted by Gasteiger charge is -2.30. The molecule has 6 rings (SSSR count). The van der Waals surface area contributed by atoms with Crippen LogP contribution in [0.15, 0.2) is 36.7 Å². The van der Waals surface area contributed by atoms with Crippen molar-refractivity contribution in [2.45, 2.75) is 62.3 Å². The number of primary amides is 1. The Morgan fingerprint density at radius 2 is 2.00 bits per heavy atom. The number of amides is 2. The normalized spacial score (nSPS) is 23.1. The number of hydrogen-bond acceptors (Lipinski definition) is 8. The number of anilines is 3. The third-order valence-corrected chi connectivity index (χ3v) is 7.90. The van der Waals surface area contributed by atoms with E-state index < -0.39 is 17.5 Å². The Morgan fingerprint density at radius 3 is 2.72 bits per heavy atom. The maximum Gasteiger partial charge on any atom is 0.271 e. The van der Waals surface area contributed by atoms with E-state index in [1.807, 2.05) is 29.2 Å². The van der Waals surface area contributed by atoms with Gasteiger partial charge in [-0.15, -0.1) is 10.2 Å². The van der Waals surface area contributed by atoms with Crippen LogP contribution >= 0.6 is 0 Å². The molecular formula is C27H30FN7O4. The lowest BCUT2D eigenvalue weighted by atomic mass is 9.94. The molecule has 204 valence electrons. The maximum absolute atomic E-state index is 14.1. The lowest BCUT2D eigenvalue weighted by Crippen LogP contribution is -2.34. The summed E-state index contributed by atoms with van der Waals surface area (Å²) in [4.78, 5) is 24.2. The number of nitrogens with one attached hydrogen (secondary N) is 2. The second-order valence-electron chi connectivity index (χ2n) is 10.4. The summed E-state index contributed by atoms with van der Waals surface area (Å²) in [5.41, 5.74) is 5.73. The number of ether oxygens (including phenoxy) is 2. The number of nitrogens with zero attached hydrogens (tertiary/aromatic N) is 4. The highest BCUT2D eigenvalue weighted by molar-refractivity contribution is 6.01. The number of benzene rings is 1. The van der Waals surface area contributed by atoms with Gasteiger partial charge in [0.1, 0.15) is 5.75 Å². The van der Waals surface area contributed by atoms with Crippen LogP contribution in [0.3, 0.4) is 0 Å². The molecule has 1 aliphatic heterocycles. The Morgan fingerprint density at radius 1 is 1.18 bits per heavy atom. The zero-order valence-corrected chi connectivity index (χ0v) is 21.6. The number of para-hydroxylation sites is 1. The summed E-state index contributed by atoms with van der Waals surface area (Å²) in [6.45, 7) is 0.795. The van der Waals surface area contributed by atoms with Gasteiger partial charge in [-0.25, -0.2) is 4.39 Å². The predicted molar refractivity (Wildman–Crippen MR) is 141 cm³/mol. The quantitative estimate of drug-likeness (QED) is 0.394. The molecule has 0 bridgehead atoms. The van der Waals surface area contributed by atoms with Crippen LogP contribution in [0, 0.1) is 0 Å². The van der Waals surface area contributed by atoms with Crippen LogP contribution in [-0.2, 0) is 9.53 Å². The van der Waals surface area contributed by atoms with Crippen molar-refractivity contribution < 1.29 is 23.5 Å². The van der Waals surface area contributed by atoms with Crippen LogP contribution in [0.1, 0.15) is 61.5 Å². The highest BCUT2D eigenvalue weighted by atomic mass is 19.1. The first kappa shape index (κ1) is 25.2. The van der Waals surface area contributed by atoms with E-state index in [-0.39, 0.29) is 41.7 Å². The summed E-state index contributed by atoms with van der Waals surface area (Å²) in [5.74, 6) is -1.11. The van der Waals surface area contributed by atoms with E-state index in [1.54, 1.807) is 13.2 Å². The molecule has 3 heterocycles. The predicted octanol–water partition coefficient (Wildman–Crippen LogP) is 3.91. The molecule has 2 aromatic heterocycles. The first-order chi connectivity index (χ1) is 18.8. The smallest absolute Gasteiger partial charge is 0.271 e. The van der Waals surface area contributed by atoms with Gasteiger partial charge in [-0.3, -0.25) is 14.3 Å². The van der Waals surface area contributed by atoms with Crippen molar-refractivity contribution in [2.75, 3.05) is 24.4 Å². The van der Waals surface area contributed by atoms with Gasteiger partial charge in [0.25, 0.3) is 11.8 Å². The second-order valence-corrected chi connectivity index (χ2v) is 10.4. The second kappa shape index (κ2) is 9.60. The fraction of sp³-hybridized carbons (Fsp3) is 0.444.